The molecule has 0 aliphatic carbocycles. The third-order valence-electron chi connectivity index (χ3n) is 2.95. The highest BCUT2D eigenvalue weighted by Gasteiger charge is 2.10. The number of allylic oxidation sites excluding steroid dienone is 1. The van der Waals surface area contributed by atoms with E-state index >= 15 is 0 Å². The van der Waals surface area contributed by atoms with Gasteiger partial charge in [-0.25, -0.2) is 0 Å². The Morgan fingerprint density at radius 3 is 2.67 bits per heavy atom. The van der Waals surface area contributed by atoms with Crippen molar-refractivity contribution in [2.24, 2.45) is 0 Å². The van der Waals surface area contributed by atoms with E-state index in [9.17, 15) is 0 Å². The molecule has 15 heavy (non-hydrogen) atoms. The van der Waals surface area contributed by atoms with Gasteiger partial charge in [-0.3, -0.25) is 0 Å². The fourth-order valence-electron chi connectivity index (χ4n) is 2.17. The second-order valence-electron chi connectivity index (χ2n) is 4.14. The summed E-state index contributed by atoms with van der Waals surface area (Å²) in [6, 6.07) is 8.82. The van der Waals surface area contributed by atoms with Gasteiger partial charge in [0, 0.05) is 18.8 Å². The van der Waals surface area contributed by atoms with Crippen molar-refractivity contribution in [3.05, 3.63) is 35.9 Å². The van der Waals surface area contributed by atoms with Crippen molar-refractivity contribution in [2.45, 2.75) is 26.2 Å². The summed E-state index contributed by atoms with van der Waals surface area (Å²) < 4.78 is 0. The lowest BCUT2D eigenvalue weighted by Crippen LogP contribution is -2.29. The van der Waals surface area contributed by atoms with E-state index < -0.39 is 0 Å². The fraction of sp³-hybridized carbons (Fsp3) is 0.429. The van der Waals surface area contributed by atoms with Gasteiger partial charge in [-0.2, -0.15) is 0 Å². The van der Waals surface area contributed by atoms with Crippen molar-refractivity contribution in [3.8, 4) is 0 Å². The lowest BCUT2D eigenvalue weighted by molar-refractivity contribution is 0.578. The minimum absolute atomic E-state index is 1.22. The Morgan fingerprint density at radius 2 is 1.93 bits per heavy atom. The Labute approximate surface area is 92.4 Å². The van der Waals surface area contributed by atoms with Crippen LogP contribution in [0.15, 0.2) is 30.3 Å². The normalized spacial score (nSPS) is 17.3. The topological polar surface area (TPSA) is 3.24 Å². The Balaban J connectivity index is 2.15. The number of piperidine rings is 1. The molecule has 80 valence electrons. The molecule has 0 saturated carbocycles. The first kappa shape index (κ1) is 10.3. The molecule has 0 atom stereocenters. The standard InChI is InChI=1S/C14H19N/c1-2-7-13-8-6-9-14(12-13)15-10-4-3-5-11-15/h2,6-9,12H,3-5,10-11H2,1H3. The minimum Gasteiger partial charge on any atom is -0.372 e. The van der Waals surface area contributed by atoms with E-state index in [2.05, 4.69) is 48.2 Å². The van der Waals surface area contributed by atoms with Gasteiger partial charge < -0.3 is 4.90 Å². The van der Waals surface area contributed by atoms with Crippen molar-refractivity contribution < 1.29 is 0 Å². The maximum atomic E-state index is 2.50. The first-order chi connectivity index (χ1) is 7.40. The van der Waals surface area contributed by atoms with Crippen LogP contribution in [0.2, 0.25) is 0 Å². The zero-order chi connectivity index (χ0) is 10.5. The summed E-state index contributed by atoms with van der Waals surface area (Å²) in [5, 5.41) is 0. The molecule has 1 aromatic carbocycles. The molecule has 1 heteroatoms. The van der Waals surface area contributed by atoms with Gasteiger partial charge in [0.15, 0.2) is 0 Å². The van der Waals surface area contributed by atoms with E-state index in [-0.39, 0.29) is 0 Å². The van der Waals surface area contributed by atoms with Crippen LogP contribution in [-0.4, -0.2) is 13.1 Å². The van der Waals surface area contributed by atoms with Crippen LogP contribution in [0, 0.1) is 0 Å². The molecule has 0 unspecified atom stereocenters. The molecule has 0 bridgehead atoms. The van der Waals surface area contributed by atoms with Crippen LogP contribution in [-0.2, 0) is 0 Å². The Kier molecular flexibility index (Phi) is 3.44. The molecular weight excluding hydrogens is 182 g/mol. The van der Waals surface area contributed by atoms with E-state index in [0.717, 1.165) is 0 Å². The van der Waals surface area contributed by atoms with Gasteiger partial charge in [0.25, 0.3) is 0 Å². The van der Waals surface area contributed by atoms with Gasteiger partial charge in [-0.1, -0.05) is 24.3 Å². The number of hydrogen-bond donors (Lipinski definition) is 0. The van der Waals surface area contributed by atoms with Crippen LogP contribution in [0.25, 0.3) is 6.08 Å². The zero-order valence-electron chi connectivity index (χ0n) is 9.45. The Hall–Kier alpha value is -1.24. The molecular formula is C14H19N. The quantitative estimate of drug-likeness (QED) is 0.705. The maximum absolute atomic E-state index is 2.50. The molecule has 1 fully saturated rings. The number of rotatable bonds is 2. The zero-order valence-corrected chi connectivity index (χ0v) is 9.45. The van der Waals surface area contributed by atoms with Gasteiger partial charge in [0.1, 0.15) is 0 Å². The molecule has 1 aliphatic rings. The van der Waals surface area contributed by atoms with Crippen molar-refractivity contribution in [2.75, 3.05) is 18.0 Å². The largest absolute Gasteiger partial charge is 0.372 e. The number of benzene rings is 1. The molecule has 0 aromatic heterocycles. The van der Waals surface area contributed by atoms with Crippen LogP contribution in [0.4, 0.5) is 5.69 Å². The molecule has 2 rings (SSSR count). The van der Waals surface area contributed by atoms with E-state index in [0.29, 0.717) is 0 Å². The Morgan fingerprint density at radius 1 is 1.13 bits per heavy atom. The van der Waals surface area contributed by atoms with Gasteiger partial charge in [-0.05, 0) is 43.9 Å². The summed E-state index contributed by atoms with van der Waals surface area (Å²) in [6.07, 6.45) is 8.33. The fourth-order valence-corrected chi connectivity index (χ4v) is 2.17. The lowest BCUT2D eigenvalue weighted by Gasteiger charge is -2.29. The third kappa shape index (κ3) is 2.62. The monoisotopic (exact) mass is 201 g/mol. The van der Waals surface area contributed by atoms with E-state index in [1.165, 1.54) is 43.6 Å². The summed E-state index contributed by atoms with van der Waals surface area (Å²) in [4.78, 5) is 2.50. The molecule has 1 saturated heterocycles. The van der Waals surface area contributed by atoms with Gasteiger partial charge in [0.05, 0.1) is 0 Å². The van der Waals surface area contributed by atoms with Crippen LogP contribution in [0.3, 0.4) is 0 Å². The summed E-state index contributed by atoms with van der Waals surface area (Å²) in [7, 11) is 0. The van der Waals surface area contributed by atoms with Crippen LogP contribution < -0.4 is 4.90 Å². The summed E-state index contributed by atoms with van der Waals surface area (Å²) in [6.45, 7) is 4.51. The first-order valence-electron chi connectivity index (χ1n) is 5.88. The highest BCUT2D eigenvalue weighted by molar-refractivity contribution is 5.58. The van der Waals surface area contributed by atoms with Gasteiger partial charge in [-0.15, -0.1) is 0 Å². The SMILES string of the molecule is CC=Cc1cccc(N2CCCCC2)c1. The second kappa shape index (κ2) is 5.01. The Bertz CT molecular complexity index is 335. The van der Waals surface area contributed by atoms with Crippen LogP contribution in [0.1, 0.15) is 31.7 Å². The van der Waals surface area contributed by atoms with Crippen molar-refractivity contribution in [1.29, 1.82) is 0 Å². The molecule has 1 aromatic rings. The second-order valence-corrected chi connectivity index (χ2v) is 4.14. The maximum Gasteiger partial charge on any atom is 0.0372 e. The minimum atomic E-state index is 1.22. The van der Waals surface area contributed by atoms with Gasteiger partial charge >= 0.3 is 0 Å². The molecule has 0 spiro atoms. The molecule has 0 radical (unpaired) electrons. The smallest absolute Gasteiger partial charge is 0.0372 e. The highest BCUT2D eigenvalue weighted by Crippen LogP contribution is 2.21. The van der Waals surface area contributed by atoms with E-state index in [4.69, 9.17) is 0 Å². The van der Waals surface area contributed by atoms with Gasteiger partial charge in [0.2, 0.25) is 0 Å². The van der Waals surface area contributed by atoms with E-state index in [1.807, 2.05) is 0 Å². The molecule has 1 aliphatic heterocycles. The average Bonchev–Trinajstić information content (AvgIpc) is 2.31. The number of anilines is 1. The molecule has 0 amide bonds. The highest BCUT2D eigenvalue weighted by atomic mass is 15.1. The average molecular weight is 201 g/mol. The summed E-state index contributed by atoms with van der Waals surface area (Å²) in [5.41, 5.74) is 2.69. The predicted molar refractivity (Wildman–Crippen MR) is 67.2 cm³/mol. The third-order valence-corrected chi connectivity index (χ3v) is 2.95. The predicted octanol–water partition coefficient (Wildman–Crippen LogP) is 3.71. The summed E-state index contributed by atoms with van der Waals surface area (Å²) in [5.74, 6) is 0. The molecule has 0 N–H and O–H groups in total. The van der Waals surface area contributed by atoms with Crippen molar-refractivity contribution in [3.63, 3.8) is 0 Å². The summed E-state index contributed by atoms with van der Waals surface area (Å²) >= 11 is 0. The lowest BCUT2D eigenvalue weighted by atomic mass is 10.1. The van der Waals surface area contributed by atoms with Crippen molar-refractivity contribution in [1.82, 2.24) is 0 Å². The van der Waals surface area contributed by atoms with E-state index in [1.54, 1.807) is 0 Å². The van der Waals surface area contributed by atoms with Crippen LogP contribution >= 0.6 is 0 Å². The number of nitrogens with zero attached hydrogens (tertiary/aromatic N) is 1. The first-order valence-corrected chi connectivity index (χ1v) is 5.88. The van der Waals surface area contributed by atoms with Crippen LogP contribution in [0.5, 0.6) is 0 Å². The molecule has 1 heterocycles. The van der Waals surface area contributed by atoms with Crippen molar-refractivity contribution >= 4 is 11.8 Å². The number of hydrogen-bond acceptors (Lipinski definition) is 1. The molecule has 1 nitrogen and oxygen atoms in total.